The van der Waals surface area contributed by atoms with Crippen molar-refractivity contribution in [2.75, 3.05) is 13.2 Å². The molecule has 0 aromatic heterocycles. The molecule has 2 amide bonds. The second-order valence-corrected chi connectivity index (χ2v) is 8.86. The molecule has 1 atom stereocenters. The zero-order valence-electron chi connectivity index (χ0n) is 22.4. The van der Waals surface area contributed by atoms with Crippen molar-refractivity contribution in [1.82, 2.24) is 16.1 Å². The van der Waals surface area contributed by atoms with E-state index >= 15 is 0 Å². The number of nitrogens with two attached hydrogens (primary N) is 1. The van der Waals surface area contributed by atoms with Crippen molar-refractivity contribution in [3.05, 3.63) is 53.6 Å². The van der Waals surface area contributed by atoms with E-state index in [0.717, 1.165) is 0 Å². The number of nitrogens with one attached hydrogen (secondary N) is 3. The first-order valence-corrected chi connectivity index (χ1v) is 12.4. The van der Waals surface area contributed by atoms with Crippen LogP contribution in [0.15, 0.2) is 47.5 Å². The van der Waals surface area contributed by atoms with Gasteiger partial charge in [-0.05, 0) is 70.5 Å². The Morgan fingerprint density at radius 3 is 2.24 bits per heavy atom. The van der Waals surface area contributed by atoms with Crippen molar-refractivity contribution in [2.45, 2.75) is 59.3 Å². The summed E-state index contributed by atoms with van der Waals surface area (Å²) >= 11 is 0. The average Bonchev–Trinajstić information content (AvgIpc) is 2.85. The number of hydrogen-bond acceptors (Lipinski definition) is 8. The summed E-state index contributed by atoms with van der Waals surface area (Å²) in [7, 11) is 0. The number of ether oxygens (including phenoxy) is 3. The lowest BCUT2D eigenvalue weighted by atomic mass is 10.0. The molecule has 38 heavy (non-hydrogen) atoms. The summed E-state index contributed by atoms with van der Waals surface area (Å²) in [6.45, 7) is 9.19. The predicted octanol–water partition coefficient (Wildman–Crippen LogP) is 2.92. The van der Waals surface area contributed by atoms with Gasteiger partial charge in [0.1, 0.15) is 17.8 Å². The van der Waals surface area contributed by atoms with Gasteiger partial charge in [-0.1, -0.05) is 6.07 Å². The van der Waals surface area contributed by atoms with Crippen LogP contribution in [0.4, 0.5) is 5.69 Å². The summed E-state index contributed by atoms with van der Waals surface area (Å²) in [5, 5.41) is 5.40. The van der Waals surface area contributed by atoms with Crippen LogP contribution in [0.2, 0.25) is 0 Å². The van der Waals surface area contributed by atoms with Gasteiger partial charge in [-0.15, -0.1) is 0 Å². The molecular weight excluding hydrogens is 490 g/mol. The number of hydrazine groups is 1. The Bertz CT molecular complexity index is 1090. The van der Waals surface area contributed by atoms with Gasteiger partial charge >= 0.3 is 5.97 Å². The zero-order chi connectivity index (χ0) is 28.1. The standard InChI is InChI=1S/C27H37N5O6/c1-6-36-26(34)14-24(20-11-22(37-17(2)3)13-23(12-20)38-18(4)5)32-25(33)15-29-27(35)19-8-7-9-21(10-19)30-16-31-28/h7-13,16-18,24H,6,14-15,28H2,1-5H3,(H,29,35)(H,30,31)(H,32,33). The molecule has 0 fully saturated rings. The van der Waals surface area contributed by atoms with Gasteiger partial charge in [0.05, 0.1) is 43.5 Å². The number of nitrogens with zero attached hydrogens (tertiary/aromatic N) is 1. The Labute approximate surface area is 223 Å². The van der Waals surface area contributed by atoms with Crippen molar-refractivity contribution in [2.24, 2.45) is 10.8 Å². The molecule has 0 saturated heterocycles. The second kappa shape index (κ2) is 15.2. The second-order valence-electron chi connectivity index (χ2n) is 8.86. The first-order chi connectivity index (χ1) is 18.1. The molecule has 0 bridgehead atoms. The normalized spacial score (nSPS) is 11.8. The molecule has 2 aromatic carbocycles. The molecule has 0 aliphatic rings. The molecule has 1 unspecified atom stereocenters. The van der Waals surface area contributed by atoms with Gasteiger partial charge in [-0.3, -0.25) is 14.4 Å². The molecule has 0 heterocycles. The quantitative estimate of drug-likeness (QED) is 0.0962. The summed E-state index contributed by atoms with van der Waals surface area (Å²) < 4.78 is 16.8. The van der Waals surface area contributed by atoms with Gasteiger partial charge in [-0.2, -0.15) is 0 Å². The number of carbonyl (C=O) groups is 3. The Hall–Kier alpha value is -4.12. The third-order valence-corrected chi connectivity index (χ3v) is 4.87. The highest BCUT2D eigenvalue weighted by Crippen LogP contribution is 2.30. The minimum Gasteiger partial charge on any atom is -0.491 e. The number of aliphatic imine (C=N–C) groups is 1. The van der Waals surface area contributed by atoms with Crippen molar-refractivity contribution in [3.63, 3.8) is 0 Å². The van der Waals surface area contributed by atoms with Crippen LogP contribution in [0.1, 0.15) is 63.0 Å². The Morgan fingerprint density at radius 1 is 1.00 bits per heavy atom. The molecule has 0 aliphatic carbocycles. The Morgan fingerprint density at radius 2 is 1.66 bits per heavy atom. The molecule has 2 aromatic rings. The Kier molecular flexibility index (Phi) is 12.0. The maximum absolute atomic E-state index is 12.8. The zero-order valence-corrected chi connectivity index (χ0v) is 22.4. The maximum Gasteiger partial charge on any atom is 0.308 e. The van der Waals surface area contributed by atoms with E-state index in [0.29, 0.717) is 28.3 Å². The number of amides is 2. The van der Waals surface area contributed by atoms with Gasteiger partial charge in [-0.25, -0.2) is 10.8 Å². The van der Waals surface area contributed by atoms with E-state index in [1.807, 2.05) is 27.7 Å². The highest BCUT2D eigenvalue weighted by molar-refractivity contribution is 5.97. The van der Waals surface area contributed by atoms with Crippen LogP contribution in [-0.4, -0.2) is 49.5 Å². The van der Waals surface area contributed by atoms with Crippen LogP contribution in [-0.2, 0) is 14.3 Å². The van der Waals surface area contributed by atoms with Crippen molar-refractivity contribution in [1.29, 1.82) is 0 Å². The van der Waals surface area contributed by atoms with Gasteiger partial charge in [0.25, 0.3) is 5.91 Å². The summed E-state index contributed by atoms with van der Waals surface area (Å²) in [5.41, 5.74) is 3.72. The van der Waals surface area contributed by atoms with Crippen molar-refractivity contribution in [3.8, 4) is 11.5 Å². The topological polar surface area (TPSA) is 153 Å². The molecule has 0 spiro atoms. The van der Waals surface area contributed by atoms with E-state index in [4.69, 9.17) is 20.1 Å². The van der Waals surface area contributed by atoms with Crippen molar-refractivity contribution < 1.29 is 28.6 Å². The number of rotatable bonds is 14. The van der Waals surface area contributed by atoms with E-state index in [9.17, 15) is 14.4 Å². The van der Waals surface area contributed by atoms with Gasteiger partial charge in [0.15, 0.2) is 0 Å². The molecule has 0 saturated carbocycles. The molecule has 206 valence electrons. The van der Waals surface area contributed by atoms with Crippen LogP contribution in [0, 0.1) is 0 Å². The summed E-state index contributed by atoms with van der Waals surface area (Å²) in [6, 6.07) is 11.0. The Balaban J connectivity index is 2.21. The van der Waals surface area contributed by atoms with Gasteiger partial charge in [0, 0.05) is 11.6 Å². The van der Waals surface area contributed by atoms with Crippen LogP contribution in [0.5, 0.6) is 11.5 Å². The first-order valence-electron chi connectivity index (χ1n) is 12.4. The molecule has 0 aliphatic heterocycles. The largest absolute Gasteiger partial charge is 0.491 e. The van der Waals surface area contributed by atoms with E-state index < -0.39 is 23.8 Å². The smallest absolute Gasteiger partial charge is 0.308 e. The summed E-state index contributed by atoms with van der Waals surface area (Å²) in [5.74, 6) is 4.83. The van der Waals surface area contributed by atoms with E-state index in [1.54, 1.807) is 49.4 Å². The maximum atomic E-state index is 12.8. The van der Waals surface area contributed by atoms with E-state index in [-0.39, 0.29) is 31.8 Å². The molecule has 11 nitrogen and oxygen atoms in total. The average molecular weight is 528 g/mol. The number of carbonyl (C=O) groups excluding carboxylic acids is 3. The van der Waals surface area contributed by atoms with E-state index in [2.05, 4.69) is 21.1 Å². The van der Waals surface area contributed by atoms with Gasteiger partial charge in [0.2, 0.25) is 5.91 Å². The summed E-state index contributed by atoms with van der Waals surface area (Å²) in [6.07, 6.45) is 0.976. The summed E-state index contributed by atoms with van der Waals surface area (Å²) in [4.78, 5) is 41.9. The fraction of sp³-hybridized carbons (Fsp3) is 0.407. The monoisotopic (exact) mass is 527 g/mol. The van der Waals surface area contributed by atoms with Crippen LogP contribution in [0.3, 0.4) is 0 Å². The number of hydrogen-bond donors (Lipinski definition) is 4. The lowest BCUT2D eigenvalue weighted by Gasteiger charge is -2.22. The molecular formula is C27H37N5O6. The highest BCUT2D eigenvalue weighted by atomic mass is 16.5. The van der Waals surface area contributed by atoms with Crippen LogP contribution < -0.4 is 31.4 Å². The van der Waals surface area contributed by atoms with Crippen LogP contribution >= 0.6 is 0 Å². The molecule has 0 radical (unpaired) electrons. The fourth-order valence-electron chi connectivity index (χ4n) is 3.46. The fourth-order valence-corrected chi connectivity index (χ4v) is 3.46. The third-order valence-electron chi connectivity index (χ3n) is 4.87. The van der Waals surface area contributed by atoms with E-state index in [1.165, 1.54) is 6.34 Å². The first kappa shape index (κ1) is 30.1. The molecule has 5 N–H and O–H groups in total. The number of benzene rings is 2. The number of esters is 1. The van der Waals surface area contributed by atoms with Crippen molar-refractivity contribution >= 4 is 29.8 Å². The minimum atomic E-state index is -0.745. The predicted molar refractivity (Wildman–Crippen MR) is 144 cm³/mol. The lowest BCUT2D eigenvalue weighted by Crippen LogP contribution is -2.39. The minimum absolute atomic E-state index is 0.0961. The highest BCUT2D eigenvalue weighted by Gasteiger charge is 2.22. The molecule has 11 heteroatoms. The third kappa shape index (κ3) is 10.5. The lowest BCUT2D eigenvalue weighted by molar-refractivity contribution is -0.143. The SMILES string of the molecule is CCOC(=O)CC(NC(=O)CNC(=O)c1cccc(N=CNN)c1)c1cc(OC(C)C)cc(OC(C)C)c1. The van der Waals surface area contributed by atoms with Gasteiger partial charge < -0.3 is 30.3 Å². The molecule has 2 rings (SSSR count). The van der Waals surface area contributed by atoms with Crippen LogP contribution in [0.25, 0.3) is 0 Å².